The average molecular weight is 513 g/mol. The number of aromatic nitrogens is 1. The summed E-state index contributed by atoms with van der Waals surface area (Å²) in [4.78, 5) is 33.1. The lowest BCUT2D eigenvalue weighted by Gasteiger charge is -2.62. The van der Waals surface area contributed by atoms with E-state index >= 15 is 0 Å². The second-order valence-corrected chi connectivity index (χ2v) is 12.9. The summed E-state index contributed by atoms with van der Waals surface area (Å²) in [6.45, 7) is 4.03. The Morgan fingerprint density at radius 2 is 2.14 bits per heavy atom. The highest BCUT2D eigenvalue weighted by Crippen LogP contribution is 2.58. The van der Waals surface area contributed by atoms with Crippen molar-refractivity contribution >= 4 is 45.9 Å². The fourth-order valence-corrected chi connectivity index (χ4v) is 7.86. The van der Waals surface area contributed by atoms with Gasteiger partial charge in [0.1, 0.15) is 6.04 Å². The second kappa shape index (κ2) is 8.77. The lowest BCUT2D eigenvalue weighted by molar-refractivity contribution is -0.135. The molecule has 0 spiro atoms. The van der Waals surface area contributed by atoms with Gasteiger partial charge in [0.05, 0.1) is 27.4 Å². The van der Waals surface area contributed by atoms with Crippen LogP contribution in [0.4, 0.5) is 10.7 Å². The lowest BCUT2D eigenvalue weighted by Crippen LogP contribution is -2.70. The van der Waals surface area contributed by atoms with Gasteiger partial charge in [-0.1, -0.05) is 11.6 Å². The van der Waals surface area contributed by atoms with Crippen LogP contribution in [0.1, 0.15) is 68.5 Å². The zero-order chi connectivity index (χ0) is 24.3. The van der Waals surface area contributed by atoms with Crippen LogP contribution >= 0.6 is 22.9 Å². The minimum Gasteiger partial charge on any atom is -0.376 e. The number of halogens is 1. The molecule has 2 aromatic rings. The molecule has 8 heteroatoms. The lowest BCUT2D eigenvalue weighted by atomic mass is 9.50. The van der Waals surface area contributed by atoms with Crippen molar-refractivity contribution in [3.8, 4) is 0 Å². The van der Waals surface area contributed by atoms with Gasteiger partial charge in [0.25, 0.3) is 0 Å². The van der Waals surface area contributed by atoms with Crippen molar-refractivity contribution in [1.29, 1.82) is 0 Å². The third-order valence-corrected chi connectivity index (χ3v) is 10.4. The van der Waals surface area contributed by atoms with Gasteiger partial charge >= 0.3 is 0 Å². The normalized spacial score (nSPS) is 31.4. The molecule has 3 unspecified atom stereocenters. The van der Waals surface area contributed by atoms with Gasteiger partial charge in [-0.2, -0.15) is 0 Å². The van der Waals surface area contributed by atoms with Crippen LogP contribution in [-0.4, -0.2) is 28.9 Å². The van der Waals surface area contributed by atoms with Crippen LogP contribution in [0.2, 0.25) is 5.02 Å². The third-order valence-electron chi connectivity index (χ3n) is 8.92. The molecule has 6 nitrogen and oxygen atoms in total. The molecule has 5 saturated carbocycles. The number of aryl methyl sites for hydroxylation is 1. The third kappa shape index (κ3) is 4.35. The van der Waals surface area contributed by atoms with Gasteiger partial charge < -0.3 is 10.6 Å². The van der Waals surface area contributed by atoms with Crippen LogP contribution < -0.4 is 15.5 Å². The number of nitrogens with one attached hydrogen (secondary N) is 2. The highest BCUT2D eigenvalue weighted by molar-refractivity contribution is 7.16. The molecule has 0 saturated heterocycles. The minimum atomic E-state index is -0.444. The Morgan fingerprint density at radius 1 is 1.34 bits per heavy atom. The Balaban J connectivity index is 1.20. The molecule has 0 aromatic carbocycles. The van der Waals surface area contributed by atoms with E-state index in [2.05, 4.69) is 22.5 Å². The van der Waals surface area contributed by atoms with Crippen molar-refractivity contribution in [2.24, 2.45) is 23.7 Å². The Kier molecular flexibility index (Phi) is 5.83. The predicted octanol–water partition coefficient (Wildman–Crippen LogP) is 5.71. The quantitative estimate of drug-likeness (QED) is 0.399. The zero-order valence-corrected chi connectivity index (χ0v) is 21.9. The fourth-order valence-electron chi connectivity index (χ4n) is 6.68. The number of anilines is 2. The van der Waals surface area contributed by atoms with Gasteiger partial charge in [0.15, 0.2) is 0 Å². The number of rotatable bonds is 10. The first-order chi connectivity index (χ1) is 16.8. The van der Waals surface area contributed by atoms with Gasteiger partial charge in [0, 0.05) is 16.6 Å². The summed E-state index contributed by atoms with van der Waals surface area (Å²) in [6.07, 6.45) is 10.3. The van der Waals surface area contributed by atoms with Gasteiger partial charge in [-0.05, 0) is 101 Å². The molecule has 35 heavy (non-hydrogen) atoms. The van der Waals surface area contributed by atoms with Crippen molar-refractivity contribution in [2.75, 3.05) is 10.2 Å². The number of carbonyl (C=O) groups is 2. The Hall–Kier alpha value is -2.12. The predicted molar refractivity (Wildman–Crippen MR) is 140 cm³/mol. The van der Waals surface area contributed by atoms with Crippen LogP contribution in [0.15, 0.2) is 24.4 Å². The van der Waals surface area contributed by atoms with E-state index in [1.807, 2.05) is 25.1 Å². The van der Waals surface area contributed by atoms with Crippen LogP contribution in [0.3, 0.4) is 0 Å². The summed E-state index contributed by atoms with van der Waals surface area (Å²) in [5.74, 6) is 2.98. The first kappa shape index (κ1) is 23.3. The molecule has 2 heterocycles. The summed E-state index contributed by atoms with van der Waals surface area (Å²) in [5, 5.41) is 8.26. The monoisotopic (exact) mass is 512 g/mol. The van der Waals surface area contributed by atoms with E-state index in [4.69, 9.17) is 11.6 Å². The van der Waals surface area contributed by atoms with E-state index in [0.717, 1.165) is 71.1 Å². The van der Waals surface area contributed by atoms with Crippen LogP contribution in [0.5, 0.6) is 0 Å². The summed E-state index contributed by atoms with van der Waals surface area (Å²) in [6, 6.07) is 5.47. The molecule has 0 radical (unpaired) electrons. The number of pyridine rings is 1. The number of nitrogens with zero attached hydrogens (tertiary/aromatic N) is 2. The SMILES string of the molecule is Cc1ncc(Cl)cc1N[C@@H](C)c1ccc(N(C=O)[C@@H](CC2CCC3CC32)C(=O)NC23CC(C2)C3)s1. The first-order valence-electron chi connectivity index (χ1n) is 12.9. The maximum atomic E-state index is 13.6. The molecule has 7 rings (SSSR count). The number of amides is 2. The van der Waals surface area contributed by atoms with Crippen molar-refractivity contribution in [1.82, 2.24) is 10.3 Å². The number of fused-ring (bicyclic) bond motifs is 1. The fraction of sp³-hybridized carbons (Fsp3) is 0.593. The summed E-state index contributed by atoms with van der Waals surface area (Å²) >= 11 is 7.70. The standard InChI is InChI=1S/C27H33ClN4O2S/c1-15-22(9-20(28)13-29-15)30-16(2)24-5-6-25(35-24)32(14-33)23(8-19-4-3-18-7-21(18)19)26(34)31-27-10-17(11-27)12-27/h5-6,9,13-14,16-19,21,23,30H,3-4,7-8,10-12H2,1-2H3,(H,31,34)/t16-,17?,18?,19?,21?,23-,27?/m0/s1. The van der Waals surface area contributed by atoms with Crippen LogP contribution in [0, 0.1) is 30.6 Å². The first-order valence-corrected chi connectivity index (χ1v) is 14.1. The highest BCUT2D eigenvalue weighted by Gasteiger charge is 2.58. The Labute approximate surface area is 215 Å². The minimum absolute atomic E-state index is 0.00818. The molecule has 5 aliphatic carbocycles. The van der Waals surface area contributed by atoms with E-state index in [1.54, 1.807) is 22.4 Å². The van der Waals surface area contributed by atoms with Gasteiger partial charge in [-0.15, -0.1) is 11.3 Å². The van der Waals surface area contributed by atoms with Crippen molar-refractivity contribution < 1.29 is 9.59 Å². The summed E-state index contributed by atoms with van der Waals surface area (Å²) in [5.41, 5.74) is 1.78. The van der Waals surface area contributed by atoms with Crippen molar-refractivity contribution in [3.63, 3.8) is 0 Å². The number of thiophene rings is 1. The maximum absolute atomic E-state index is 13.6. The van der Waals surface area contributed by atoms with Crippen molar-refractivity contribution in [3.05, 3.63) is 40.0 Å². The van der Waals surface area contributed by atoms with E-state index in [1.165, 1.54) is 19.3 Å². The molecule has 0 aliphatic heterocycles. The molecule has 5 atom stereocenters. The van der Waals surface area contributed by atoms with Crippen LogP contribution in [-0.2, 0) is 9.59 Å². The molecular weight excluding hydrogens is 480 g/mol. The van der Waals surface area contributed by atoms with Gasteiger partial charge in [-0.25, -0.2) is 0 Å². The molecule has 2 bridgehead atoms. The molecular formula is C27H33ClN4O2S. The maximum Gasteiger partial charge on any atom is 0.243 e. The topological polar surface area (TPSA) is 74.3 Å². The molecule has 186 valence electrons. The number of hydrogen-bond acceptors (Lipinski definition) is 5. The largest absolute Gasteiger partial charge is 0.376 e. The van der Waals surface area contributed by atoms with Gasteiger partial charge in [0.2, 0.25) is 12.3 Å². The molecule has 5 fully saturated rings. The highest BCUT2D eigenvalue weighted by atomic mass is 35.5. The van der Waals surface area contributed by atoms with Gasteiger partial charge in [-0.3, -0.25) is 19.5 Å². The number of hydrogen-bond donors (Lipinski definition) is 2. The van der Waals surface area contributed by atoms with Crippen LogP contribution in [0.25, 0.3) is 0 Å². The Morgan fingerprint density at radius 3 is 2.77 bits per heavy atom. The van der Waals surface area contributed by atoms with E-state index in [9.17, 15) is 9.59 Å². The smallest absolute Gasteiger partial charge is 0.243 e. The van der Waals surface area contributed by atoms with E-state index < -0.39 is 6.04 Å². The zero-order valence-electron chi connectivity index (χ0n) is 20.3. The van der Waals surface area contributed by atoms with E-state index in [0.29, 0.717) is 10.9 Å². The summed E-state index contributed by atoms with van der Waals surface area (Å²) in [7, 11) is 0. The Bertz CT molecular complexity index is 1130. The molecule has 2 N–H and O–H groups in total. The molecule has 5 aliphatic rings. The van der Waals surface area contributed by atoms with E-state index in [-0.39, 0.29) is 17.5 Å². The summed E-state index contributed by atoms with van der Waals surface area (Å²) < 4.78 is 0. The number of carbonyl (C=O) groups excluding carboxylic acids is 2. The molecule has 2 aromatic heterocycles. The molecule has 2 amide bonds. The van der Waals surface area contributed by atoms with Crippen molar-refractivity contribution in [2.45, 2.75) is 76.4 Å². The average Bonchev–Trinajstić information content (AvgIpc) is 3.20. The second-order valence-electron chi connectivity index (χ2n) is 11.3.